The number of hydrogen-bond donors (Lipinski definition) is 1. The first-order valence-electron chi connectivity index (χ1n) is 5.45. The van der Waals surface area contributed by atoms with E-state index in [1.807, 2.05) is 0 Å². The highest BCUT2D eigenvalue weighted by Gasteiger charge is 2.46. The molecule has 2 saturated heterocycles. The predicted molar refractivity (Wildman–Crippen MR) is 52.9 cm³/mol. The second-order valence-corrected chi connectivity index (χ2v) is 4.27. The Bertz CT molecular complexity index is 206. The first kappa shape index (κ1) is 11.3. The van der Waals surface area contributed by atoms with Gasteiger partial charge in [-0.25, -0.2) is 0 Å². The molecule has 0 amide bonds. The molecule has 0 radical (unpaired) electrons. The van der Waals surface area contributed by atoms with Gasteiger partial charge >= 0.3 is 0 Å². The van der Waals surface area contributed by atoms with E-state index < -0.39 is 6.41 Å². The van der Waals surface area contributed by atoms with Crippen LogP contribution in [-0.4, -0.2) is 39.1 Å². The molecule has 0 aliphatic carbocycles. The van der Waals surface area contributed by atoms with Crippen molar-refractivity contribution in [1.82, 2.24) is 0 Å². The molecule has 1 spiro atoms. The molecule has 0 saturated carbocycles. The lowest BCUT2D eigenvalue weighted by Crippen LogP contribution is -2.57. The van der Waals surface area contributed by atoms with Gasteiger partial charge in [-0.05, 0) is 6.42 Å². The minimum Gasteiger partial charge on any atom is -0.355 e. The average Bonchev–Trinajstić information content (AvgIpc) is 2.26. The lowest BCUT2D eigenvalue weighted by atomic mass is 9.81. The van der Waals surface area contributed by atoms with Crippen molar-refractivity contribution >= 4 is 0 Å². The number of hydrogen-bond acceptors (Lipinski definition) is 5. The van der Waals surface area contributed by atoms with Crippen molar-refractivity contribution in [3.8, 4) is 0 Å². The fraction of sp³-hybridized carbons (Fsp3) is 1.00. The van der Waals surface area contributed by atoms with E-state index in [4.69, 9.17) is 24.7 Å². The van der Waals surface area contributed by atoms with Crippen LogP contribution >= 0.6 is 0 Å². The SMILES string of the molecule is CCCC1OC(N)OCC12COCOC2. The molecule has 0 aromatic rings. The topological polar surface area (TPSA) is 62.9 Å². The van der Waals surface area contributed by atoms with E-state index in [0.717, 1.165) is 12.8 Å². The Morgan fingerprint density at radius 3 is 2.67 bits per heavy atom. The third kappa shape index (κ3) is 2.32. The van der Waals surface area contributed by atoms with Gasteiger partial charge in [-0.15, -0.1) is 0 Å². The summed E-state index contributed by atoms with van der Waals surface area (Å²) >= 11 is 0. The van der Waals surface area contributed by atoms with Gasteiger partial charge in [0, 0.05) is 0 Å². The van der Waals surface area contributed by atoms with E-state index in [1.165, 1.54) is 0 Å². The minimum atomic E-state index is -0.603. The molecule has 0 bridgehead atoms. The van der Waals surface area contributed by atoms with Gasteiger partial charge in [-0.1, -0.05) is 13.3 Å². The molecule has 88 valence electrons. The Kier molecular flexibility index (Phi) is 3.58. The normalized spacial score (nSPS) is 35.6. The zero-order valence-electron chi connectivity index (χ0n) is 9.11. The molecule has 2 aliphatic rings. The van der Waals surface area contributed by atoms with Gasteiger partial charge in [0.15, 0.2) is 0 Å². The van der Waals surface area contributed by atoms with Gasteiger partial charge in [0.05, 0.1) is 31.3 Å². The zero-order chi connectivity index (χ0) is 10.7. The quantitative estimate of drug-likeness (QED) is 0.727. The summed E-state index contributed by atoms with van der Waals surface area (Å²) in [5.74, 6) is 0. The molecule has 2 heterocycles. The van der Waals surface area contributed by atoms with Crippen molar-refractivity contribution in [2.75, 3.05) is 26.6 Å². The lowest BCUT2D eigenvalue weighted by molar-refractivity contribution is -0.310. The van der Waals surface area contributed by atoms with E-state index in [-0.39, 0.29) is 11.5 Å². The van der Waals surface area contributed by atoms with Crippen molar-refractivity contribution in [3.05, 3.63) is 0 Å². The molecule has 2 N–H and O–H groups in total. The summed E-state index contributed by atoms with van der Waals surface area (Å²) in [5.41, 5.74) is 5.46. The van der Waals surface area contributed by atoms with E-state index in [0.29, 0.717) is 26.6 Å². The fourth-order valence-electron chi connectivity index (χ4n) is 2.18. The standard InChI is InChI=1S/C10H19NO4/c1-2-3-8-10(4-12-7-13-5-10)6-14-9(11)15-8/h8-9H,2-7,11H2,1H3. The zero-order valence-corrected chi connectivity index (χ0v) is 9.11. The molecule has 0 aromatic carbocycles. The fourth-order valence-corrected chi connectivity index (χ4v) is 2.18. The summed E-state index contributed by atoms with van der Waals surface area (Å²) in [6, 6.07) is 0. The van der Waals surface area contributed by atoms with Gasteiger partial charge in [0.2, 0.25) is 6.41 Å². The monoisotopic (exact) mass is 217 g/mol. The Hall–Kier alpha value is -0.200. The second-order valence-electron chi connectivity index (χ2n) is 4.27. The first-order valence-corrected chi connectivity index (χ1v) is 5.45. The van der Waals surface area contributed by atoms with E-state index in [2.05, 4.69) is 6.92 Å². The van der Waals surface area contributed by atoms with Gasteiger partial charge in [0.1, 0.15) is 6.79 Å². The molecule has 2 aliphatic heterocycles. The van der Waals surface area contributed by atoms with Crippen molar-refractivity contribution in [2.45, 2.75) is 32.3 Å². The van der Waals surface area contributed by atoms with Gasteiger partial charge < -0.3 is 18.9 Å². The Morgan fingerprint density at radius 2 is 2.00 bits per heavy atom. The summed E-state index contributed by atoms with van der Waals surface area (Å²) < 4.78 is 21.7. The van der Waals surface area contributed by atoms with Gasteiger partial charge in [0.25, 0.3) is 0 Å². The van der Waals surface area contributed by atoms with Gasteiger partial charge in [-0.3, -0.25) is 5.73 Å². The molecule has 5 nitrogen and oxygen atoms in total. The summed E-state index contributed by atoms with van der Waals surface area (Å²) in [6.45, 7) is 4.31. The molecule has 2 atom stereocenters. The van der Waals surface area contributed by atoms with Crippen molar-refractivity contribution < 1.29 is 18.9 Å². The van der Waals surface area contributed by atoms with Crippen molar-refractivity contribution in [2.24, 2.45) is 11.1 Å². The number of rotatable bonds is 2. The maximum Gasteiger partial charge on any atom is 0.213 e. The summed E-state index contributed by atoms with van der Waals surface area (Å²) in [5, 5.41) is 0. The van der Waals surface area contributed by atoms with Crippen LogP contribution in [0.3, 0.4) is 0 Å². The van der Waals surface area contributed by atoms with Crippen molar-refractivity contribution in [1.29, 1.82) is 0 Å². The summed E-state index contributed by atoms with van der Waals surface area (Å²) in [6.07, 6.45) is 1.49. The summed E-state index contributed by atoms with van der Waals surface area (Å²) in [4.78, 5) is 0. The van der Waals surface area contributed by atoms with Crippen LogP contribution in [-0.2, 0) is 18.9 Å². The van der Waals surface area contributed by atoms with Crippen molar-refractivity contribution in [3.63, 3.8) is 0 Å². The smallest absolute Gasteiger partial charge is 0.213 e. The van der Waals surface area contributed by atoms with Crippen LogP contribution in [0.25, 0.3) is 0 Å². The lowest BCUT2D eigenvalue weighted by Gasteiger charge is -2.46. The molecule has 2 rings (SSSR count). The van der Waals surface area contributed by atoms with Crippen LogP contribution in [0.2, 0.25) is 0 Å². The largest absolute Gasteiger partial charge is 0.355 e. The first-order chi connectivity index (χ1) is 7.27. The number of nitrogens with two attached hydrogens (primary N) is 1. The van der Waals surface area contributed by atoms with Crippen LogP contribution in [0.4, 0.5) is 0 Å². The van der Waals surface area contributed by atoms with E-state index >= 15 is 0 Å². The minimum absolute atomic E-state index is 0.0755. The molecular formula is C10H19NO4. The predicted octanol–water partition coefficient (Wildman–Crippen LogP) is 0.435. The van der Waals surface area contributed by atoms with E-state index in [9.17, 15) is 0 Å². The van der Waals surface area contributed by atoms with Gasteiger partial charge in [-0.2, -0.15) is 0 Å². The maximum atomic E-state index is 5.62. The summed E-state index contributed by atoms with van der Waals surface area (Å²) in [7, 11) is 0. The molecule has 2 fully saturated rings. The molecule has 5 heteroatoms. The Morgan fingerprint density at radius 1 is 1.27 bits per heavy atom. The third-order valence-corrected chi connectivity index (χ3v) is 3.01. The highest BCUT2D eigenvalue weighted by molar-refractivity contribution is 4.90. The highest BCUT2D eigenvalue weighted by Crippen LogP contribution is 2.35. The average molecular weight is 217 g/mol. The molecule has 15 heavy (non-hydrogen) atoms. The van der Waals surface area contributed by atoms with Crippen LogP contribution in [0.15, 0.2) is 0 Å². The van der Waals surface area contributed by atoms with Crippen LogP contribution in [0.1, 0.15) is 19.8 Å². The highest BCUT2D eigenvalue weighted by atomic mass is 16.7. The molecule has 0 aromatic heterocycles. The van der Waals surface area contributed by atoms with Crippen LogP contribution in [0.5, 0.6) is 0 Å². The Balaban J connectivity index is 2.05. The molecular weight excluding hydrogens is 198 g/mol. The third-order valence-electron chi connectivity index (χ3n) is 3.01. The van der Waals surface area contributed by atoms with E-state index in [1.54, 1.807) is 0 Å². The molecule has 2 unspecified atom stereocenters. The second kappa shape index (κ2) is 4.76. The number of ether oxygens (including phenoxy) is 4. The Labute approximate surface area is 89.8 Å². The van der Waals surface area contributed by atoms with Crippen LogP contribution in [0, 0.1) is 5.41 Å². The maximum absolute atomic E-state index is 5.62. The van der Waals surface area contributed by atoms with Crippen LogP contribution < -0.4 is 5.73 Å².